The number of fused-ring (bicyclic) bond motifs is 1. The maximum Gasteiger partial charge on any atom is 0.230 e. The van der Waals surface area contributed by atoms with Crippen molar-refractivity contribution in [1.82, 2.24) is 14.8 Å². The van der Waals surface area contributed by atoms with Crippen LogP contribution in [0.2, 0.25) is 0 Å². The van der Waals surface area contributed by atoms with Gasteiger partial charge in [0.2, 0.25) is 11.8 Å². The summed E-state index contributed by atoms with van der Waals surface area (Å²) in [6, 6.07) is 8.23. The number of benzene rings is 1. The molecule has 29 heavy (non-hydrogen) atoms. The molecule has 5 nitrogen and oxygen atoms in total. The molecule has 2 atom stereocenters. The third-order valence-electron chi connectivity index (χ3n) is 6.87. The van der Waals surface area contributed by atoms with Gasteiger partial charge < -0.3 is 9.80 Å². The van der Waals surface area contributed by atoms with Gasteiger partial charge in [0, 0.05) is 32.6 Å². The SMILES string of the molecule is C[C@H]1N(C(=O)CCCCc2nc3ccccc3s2)CCC[C@@]12CCCN(C)C2=O. The number of rotatable bonds is 5. The van der Waals surface area contributed by atoms with E-state index in [0.717, 1.165) is 68.6 Å². The van der Waals surface area contributed by atoms with E-state index in [2.05, 4.69) is 24.0 Å². The van der Waals surface area contributed by atoms with Gasteiger partial charge in [0.1, 0.15) is 0 Å². The van der Waals surface area contributed by atoms with E-state index in [1.54, 1.807) is 11.3 Å². The summed E-state index contributed by atoms with van der Waals surface area (Å²) in [5.41, 5.74) is 0.708. The molecule has 0 unspecified atom stereocenters. The molecule has 0 saturated carbocycles. The topological polar surface area (TPSA) is 53.5 Å². The Morgan fingerprint density at radius 2 is 1.97 bits per heavy atom. The van der Waals surface area contributed by atoms with Crippen molar-refractivity contribution in [3.8, 4) is 0 Å². The first-order valence-corrected chi connectivity index (χ1v) is 11.7. The molecule has 3 heterocycles. The molecular formula is C23H31N3O2S. The van der Waals surface area contributed by atoms with Gasteiger partial charge in [-0.25, -0.2) is 4.98 Å². The van der Waals surface area contributed by atoms with Crippen molar-refractivity contribution in [1.29, 1.82) is 0 Å². The van der Waals surface area contributed by atoms with Crippen LogP contribution in [-0.4, -0.2) is 52.8 Å². The Morgan fingerprint density at radius 3 is 2.76 bits per heavy atom. The second kappa shape index (κ2) is 8.42. The van der Waals surface area contributed by atoms with Crippen molar-refractivity contribution in [2.75, 3.05) is 20.1 Å². The summed E-state index contributed by atoms with van der Waals surface area (Å²) in [6.45, 7) is 3.72. The van der Waals surface area contributed by atoms with Crippen LogP contribution in [0, 0.1) is 5.41 Å². The van der Waals surface area contributed by atoms with Crippen molar-refractivity contribution in [2.45, 2.75) is 64.3 Å². The van der Waals surface area contributed by atoms with E-state index in [1.807, 2.05) is 29.0 Å². The van der Waals surface area contributed by atoms with Crippen molar-refractivity contribution in [2.24, 2.45) is 5.41 Å². The first-order chi connectivity index (χ1) is 14.0. The standard InChI is InChI=1S/C23H31N3O2S/c1-17-23(13-7-15-25(2)22(23)28)14-8-16-26(17)21(27)12-6-5-11-20-24-18-9-3-4-10-19(18)29-20/h3-4,9-10,17H,5-8,11-16H2,1-2H3/t17-,23+/m1/s1. The van der Waals surface area contributed by atoms with Crippen molar-refractivity contribution in [3.63, 3.8) is 0 Å². The maximum absolute atomic E-state index is 13.0. The van der Waals surface area contributed by atoms with Crippen LogP contribution in [0.1, 0.15) is 56.9 Å². The molecule has 0 aliphatic carbocycles. The Kier molecular flexibility index (Phi) is 5.91. The predicted octanol–water partition coefficient (Wildman–Crippen LogP) is 4.26. The largest absolute Gasteiger partial charge is 0.345 e. The Balaban J connectivity index is 1.31. The lowest BCUT2D eigenvalue weighted by molar-refractivity contribution is -0.158. The number of hydrogen-bond acceptors (Lipinski definition) is 4. The first kappa shape index (κ1) is 20.3. The van der Waals surface area contributed by atoms with Crippen molar-refractivity contribution < 1.29 is 9.59 Å². The monoisotopic (exact) mass is 413 g/mol. The number of aromatic nitrogens is 1. The molecule has 2 amide bonds. The summed E-state index contributed by atoms with van der Waals surface area (Å²) in [4.78, 5) is 34.5. The number of likely N-dealkylation sites (tertiary alicyclic amines) is 2. The highest BCUT2D eigenvalue weighted by Gasteiger charge is 2.51. The Hall–Kier alpha value is -1.95. The van der Waals surface area contributed by atoms with E-state index in [-0.39, 0.29) is 23.3 Å². The van der Waals surface area contributed by atoms with E-state index >= 15 is 0 Å². The van der Waals surface area contributed by atoms with Crippen LogP contribution in [0.5, 0.6) is 0 Å². The second-order valence-electron chi connectivity index (χ2n) is 8.64. The van der Waals surface area contributed by atoms with Crippen LogP contribution in [0.3, 0.4) is 0 Å². The molecule has 0 N–H and O–H groups in total. The summed E-state index contributed by atoms with van der Waals surface area (Å²) in [5.74, 6) is 0.450. The molecule has 0 radical (unpaired) electrons. The fraction of sp³-hybridized carbons (Fsp3) is 0.609. The van der Waals surface area contributed by atoms with Gasteiger partial charge in [-0.1, -0.05) is 12.1 Å². The molecule has 1 spiro atoms. The normalized spacial score (nSPS) is 25.2. The van der Waals surface area contributed by atoms with Crippen LogP contribution in [0.15, 0.2) is 24.3 Å². The number of amides is 2. The number of carbonyl (C=O) groups is 2. The summed E-state index contributed by atoms with van der Waals surface area (Å²) in [7, 11) is 1.90. The zero-order chi connectivity index (χ0) is 20.4. The molecule has 2 aliphatic rings. The summed E-state index contributed by atoms with van der Waals surface area (Å²) in [5, 5.41) is 1.15. The summed E-state index contributed by atoms with van der Waals surface area (Å²) in [6.07, 6.45) is 7.14. The Labute approximate surface area is 177 Å². The molecule has 1 aromatic carbocycles. The van der Waals surface area contributed by atoms with Crippen molar-refractivity contribution in [3.05, 3.63) is 29.3 Å². The van der Waals surface area contributed by atoms with E-state index in [9.17, 15) is 9.59 Å². The van der Waals surface area contributed by atoms with E-state index in [0.29, 0.717) is 6.42 Å². The molecule has 4 rings (SSSR count). The minimum Gasteiger partial charge on any atom is -0.345 e. The smallest absolute Gasteiger partial charge is 0.230 e. The average Bonchev–Trinajstić information content (AvgIpc) is 3.14. The quantitative estimate of drug-likeness (QED) is 0.688. The fourth-order valence-corrected chi connectivity index (χ4v) is 6.18. The average molecular weight is 414 g/mol. The van der Waals surface area contributed by atoms with Gasteiger partial charge in [-0.2, -0.15) is 0 Å². The Morgan fingerprint density at radius 1 is 1.21 bits per heavy atom. The molecule has 2 fully saturated rings. The van der Waals surface area contributed by atoms with Gasteiger partial charge in [-0.3, -0.25) is 9.59 Å². The predicted molar refractivity (Wildman–Crippen MR) is 117 cm³/mol. The maximum atomic E-state index is 13.0. The third kappa shape index (κ3) is 3.91. The molecule has 0 bridgehead atoms. The lowest BCUT2D eigenvalue weighted by Crippen LogP contribution is -2.61. The number of carbonyl (C=O) groups excluding carboxylic acids is 2. The highest BCUT2D eigenvalue weighted by atomic mass is 32.1. The fourth-order valence-electron chi connectivity index (χ4n) is 5.17. The van der Waals surface area contributed by atoms with E-state index in [4.69, 9.17) is 0 Å². The van der Waals surface area contributed by atoms with Crippen LogP contribution in [-0.2, 0) is 16.0 Å². The lowest BCUT2D eigenvalue weighted by Gasteiger charge is -2.51. The molecule has 1 aromatic heterocycles. The third-order valence-corrected chi connectivity index (χ3v) is 7.96. The number of nitrogens with zero attached hydrogens (tertiary/aromatic N) is 3. The molecule has 6 heteroatoms. The van der Waals surface area contributed by atoms with Gasteiger partial charge in [0.15, 0.2) is 0 Å². The van der Waals surface area contributed by atoms with Crippen LogP contribution in [0.25, 0.3) is 10.2 Å². The lowest BCUT2D eigenvalue weighted by atomic mass is 9.68. The number of piperidine rings is 2. The second-order valence-corrected chi connectivity index (χ2v) is 9.75. The highest BCUT2D eigenvalue weighted by Crippen LogP contribution is 2.44. The summed E-state index contributed by atoms with van der Waals surface area (Å²) >= 11 is 1.75. The molecule has 2 aliphatic heterocycles. The zero-order valence-corrected chi connectivity index (χ0v) is 18.3. The zero-order valence-electron chi connectivity index (χ0n) is 17.5. The van der Waals surface area contributed by atoms with Crippen molar-refractivity contribution >= 4 is 33.4 Å². The minimum atomic E-state index is -0.359. The van der Waals surface area contributed by atoms with E-state index in [1.165, 1.54) is 4.70 Å². The van der Waals surface area contributed by atoms with Gasteiger partial charge >= 0.3 is 0 Å². The van der Waals surface area contributed by atoms with E-state index < -0.39 is 0 Å². The van der Waals surface area contributed by atoms with Crippen LogP contribution in [0.4, 0.5) is 0 Å². The molecule has 2 aromatic rings. The van der Waals surface area contributed by atoms with Gasteiger partial charge in [-0.15, -0.1) is 11.3 Å². The van der Waals surface area contributed by atoms with Gasteiger partial charge in [-0.05, 0) is 64.0 Å². The van der Waals surface area contributed by atoms with Gasteiger partial charge in [0.25, 0.3) is 0 Å². The van der Waals surface area contributed by atoms with Crippen LogP contribution < -0.4 is 0 Å². The molecular weight excluding hydrogens is 382 g/mol. The summed E-state index contributed by atoms with van der Waals surface area (Å²) < 4.78 is 1.23. The number of thiazole rings is 1. The molecule has 156 valence electrons. The number of aryl methyl sites for hydroxylation is 1. The van der Waals surface area contributed by atoms with Crippen LogP contribution >= 0.6 is 11.3 Å². The Bertz CT molecular complexity index is 858. The molecule has 2 saturated heterocycles. The first-order valence-electron chi connectivity index (χ1n) is 10.9. The number of hydrogen-bond donors (Lipinski definition) is 0. The van der Waals surface area contributed by atoms with Gasteiger partial charge in [0.05, 0.1) is 20.6 Å². The number of para-hydroxylation sites is 1. The highest BCUT2D eigenvalue weighted by molar-refractivity contribution is 7.18. The number of unbranched alkanes of at least 4 members (excludes halogenated alkanes) is 1. The minimum absolute atomic E-state index is 0.00302.